The van der Waals surface area contributed by atoms with Crippen molar-refractivity contribution in [3.8, 4) is 56.7 Å². The van der Waals surface area contributed by atoms with Gasteiger partial charge in [0.2, 0.25) is 11.9 Å². The first-order valence-corrected chi connectivity index (χ1v) is 18.9. The van der Waals surface area contributed by atoms with E-state index < -0.39 is 0 Å². The number of nitrogens with zero attached hydrogens (tertiary/aromatic N) is 5. The molecule has 0 aliphatic carbocycles. The van der Waals surface area contributed by atoms with Crippen molar-refractivity contribution in [2.75, 3.05) is 0 Å². The Balaban J connectivity index is 1.12. The molecular weight excluding hydrogens is 683 g/mol. The van der Waals surface area contributed by atoms with Crippen LogP contribution >= 0.6 is 0 Å². The molecule has 3 heterocycles. The van der Waals surface area contributed by atoms with Crippen molar-refractivity contribution >= 4 is 43.6 Å². The van der Waals surface area contributed by atoms with E-state index in [1.807, 2.05) is 6.07 Å². The van der Waals surface area contributed by atoms with Gasteiger partial charge in [0.1, 0.15) is 0 Å². The summed E-state index contributed by atoms with van der Waals surface area (Å²) >= 11 is 0. The van der Waals surface area contributed by atoms with E-state index in [-0.39, 0.29) is 0 Å². The lowest BCUT2D eigenvalue weighted by Gasteiger charge is -2.13. The van der Waals surface area contributed by atoms with E-state index in [9.17, 15) is 0 Å². The Kier molecular flexibility index (Phi) is 7.42. The second-order valence-corrected chi connectivity index (χ2v) is 14.1. The Hall–Kier alpha value is -7.63. The molecule has 0 amide bonds. The van der Waals surface area contributed by atoms with E-state index in [1.165, 1.54) is 11.1 Å². The molecule has 262 valence electrons. The molecule has 11 rings (SSSR count). The highest BCUT2D eigenvalue weighted by Crippen LogP contribution is 2.36. The Morgan fingerprint density at radius 2 is 0.589 bits per heavy atom. The third-order valence-corrected chi connectivity index (χ3v) is 10.8. The van der Waals surface area contributed by atoms with E-state index in [2.05, 4.69) is 203 Å². The number of para-hydroxylation sites is 3. The van der Waals surface area contributed by atoms with Crippen molar-refractivity contribution in [1.82, 2.24) is 24.1 Å². The van der Waals surface area contributed by atoms with Gasteiger partial charge in [-0.25, -0.2) is 0 Å². The second kappa shape index (κ2) is 13.0. The highest BCUT2D eigenvalue weighted by molar-refractivity contribution is 6.10. The monoisotopic (exact) mass is 715 g/mol. The molecule has 0 fully saturated rings. The zero-order valence-corrected chi connectivity index (χ0v) is 30.3. The van der Waals surface area contributed by atoms with Gasteiger partial charge in [-0.3, -0.25) is 9.13 Å². The summed E-state index contributed by atoms with van der Waals surface area (Å²) in [7, 11) is 0. The van der Waals surface area contributed by atoms with Gasteiger partial charge in [-0.05, 0) is 57.6 Å². The van der Waals surface area contributed by atoms with Gasteiger partial charge in [0.05, 0.1) is 22.1 Å². The molecule has 5 nitrogen and oxygen atoms in total. The molecule has 0 spiro atoms. The van der Waals surface area contributed by atoms with Crippen LogP contribution in [-0.4, -0.2) is 24.1 Å². The van der Waals surface area contributed by atoms with Gasteiger partial charge in [-0.2, -0.15) is 15.0 Å². The van der Waals surface area contributed by atoms with Gasteiger partial charge in [-0.15, -0.1) is 0 Å². The predicted molar refractivity (Wildman–Crippen MR) is 230 cm³/mol. The summed E-state index contributed by atoms with van der Waals surface area (Å²) in [5.74, 6) is 1.72. The minimum atomic E-state index is 0.559. The lowest BCUT2D eigenvalue weighted by molar-refractivity contribution is 0.893. The summed E-state index contributed by atoms with van der Waals surface area (Å²) in [6.45, 7) is 0. The molecule has 0 aliphatic heterocycles. The van der Waals surface area contributed by atoms with Crippen LogP contribution in [0.3, 0.4) is 0 Å². The third-order valence-electron chi connectivity index (χ3n) is 10.8. The van der Waals surface area contributed by atoms with E-state index >= 15 is 0 Å². The van der Waals surface area contributed by atoms with Crippen LogP contribution in [0.5, 0.6) is 0 Å². The lowest BCUT2D eigenvalue weighted by atomic mass is 9.99. The Morgan fingerprint density at radius 3 is 1.07 bits per heavy atom. The number of benzene rings is 8. The van der Waals surface area contributed by atoms with E-state index in [4.69, 9.17) is 15.0 Å². The van der Waals surface area contributed by atoms with Crippen molar-refractivity contribution in [2.24, 2.45) is 0 Å². The van der Waals surface area contributed by atoms with E-state index in [0.717, 1.165) is 71.4 Å². The fourth-order valence-electron chi connectivity index (χ4n) is 8.11. The van der Waals surface area contributed by atoms with Crippen molar-refractivity contribution in [2.45, 2.75) is 0 Å². The molecule has 0 atom stereocenters. The summed E-state index contributed by atoms with van der Waals surface area (Å²) in [4.78, 5) is 15.9. The van der Waals surface area contributed by atoms with Crippen LogP contribution in [0.2, 0.25) is 0 Å². The Bertz CT molecular complexity index is 3160. The van der Waals surface area contributed by atoms with Crippen molar-refractivity contribution in [1.29, 1.82) is 0 Å². The molecule has 5 heteroatoms. The highest BCUT2D eigenvalue weighted by Gasteiger charge is 2.21. The smallest absolute Gasteiger partial charge is 0.240 e. The molecule has 0 saturated carbocycles. The minimum Gasteiger partial charge on any atom is -0.278 e. The maximum absolute atomic E-state index is 5.35. The fraction of sp³-hybridized carbons (Fsp3) is 0. The van der Waals surface area contributed by atoms with E-state index in [0.29, 0.717) is 17.7 Å². The van der Waals surface area contributed by atoms with Crippen LogP contribution in [0.1, 0.15) is 0 Å². The van der Waals surface area contributed by atoms with Gasteiger partial charge >= 0.3 is 0 Å². The van der Waals surface area contributed by atoms with Crippen LogP contribution in [-0.2, 0) is 0 Å². The largest absolute Gasteiger partial charge is 0.278 e. The van der Waals surface area contributed by atoms with Crippen LogP contribution in [0, 0.1) is 0 Å². The van der Waals surface area contributed by atoms with Gasteiger partial charge in [0.25, 0.3) is 0 Å². The molecule has 0 aliphatic rings. The quantitative estimate of drug-likeness (QED) is 0.172. The SMILES string of the molecule is c1ccc(-c2ccc(-c3ccc(-c4nc(-n5c6ccccc6c6ccccc65)nc(-n5c6ccccc6c6ccc(-c7ccccc7)cc65)n4)cc3)cc2)cc1. The fourth-order valence-corrected chi connectivity index (χ4v) is 8.11. The molecular formula is C51H33N5. The van der Waals surface area contributed by atoms with E-state index in [1.54, 1.807) is 0 Å². The standard InChI is InChI=1S/C51H33N5/c1-3-13-34(14-4-1)36-23-25-37(26-24-36)38-27-29-39(30-28-38)49-52-50(55-45-20-10-7-17-41(45)42-18-8-11-21-46(42)55)54-51(53-49)56-47-22-12-9-19-43(47)44-32-31-40(33-48(44)56)35-15-5-2-6-16-35/h1-33H. The Morgan fingerprint density at radius 1 is 0.250 bits per heavy atom. The van der Waals surface area contributed by atoms with Gasteiger partial charge in [-0.1, -0.05) is 176 Å². The molecule has 11 aromatic rings. The van der Waals surface area contributed by atoms with Gasteiger partial charge in [0, 0.05) is 27.1 Å². The number of fused-ring (bicyclic) bond motifs is 6. The van der Waals surface area contributed by atoms with Gasteiger partial charge < -0.3 is 0 Å². The summed E-state index contributed by atoms with van der Waals surface area (Å²) in [5, 5.41) is 4.59. The average Bonchev–Trinajstić information content (AvgIpc) is 3.80. The zero-order chi connectivity index (χ0) is 37.0. The van der Waals surface area contributed by atoms with Gasteiger partial charge in [0.15, 0.2) is 5.82 Å². The highest BCUT2D eigenvalue weighted by atomic mass is 15.3. The van der Waals surface area contributed by atoms with Crippen LogP contribution in [0.4, 0.5) is 0 Å². The van der Waals surface area contributed by atoms with Crippen molar-refractivity contribution in [3.05, 3.63) is 200 Å². The first-order chi connectivity index (χ1) is 27.8. The first-order valence-electron chi connectivity index (χ1n) is 18.9. The van der Waals surface area contributed by atoms with Crippen LogP contribution in [0.15, 0.2) is 200 Å². The number of hydrogen-bond donors (Lipinski definition) is 0. The van der Waals surface area contributed by atoms with Crippen molar-refractivity contribution in [3.63, 3.8) is 0 Å². The molecule has 0 N–H and O–H groups in total. The maximum Gasteiger partial charge on any atom is 0.240 e. The van der Waals surface area contributed by atoms with Crippen LogP contribution < -0.4 is 0 Å². The number of aromatic nitrogens is 5. The maximum atomic E-state index is 5.35. The first kappa shape index (κ1) is 31.9. The molecule has 0 bridgehead atoms. The molecule has 56 heavy (non-hydrogen) atoms. The second-order valence-electron chi connectivity index (χ2n) is 14.1. The topological polar surface area (TPSA) is 48.5 Å². The molecule has 3 aromatic heterocycles. The Labute approximate surface area is 323 Å². The lowest BCUT2D eigenvalue weighted by Crippen LogP contribution is -2.10. The molecule has 0 saturated heterocycles. The zero-order valence-electron chi connectivity index (χ0n) is 30.3. The van der Waals surface area contributed by atoms with Crippen LogP contribution in [0.25, 0.3) is 100 Å². The molecule has 0 unspecified atom stereocenters. The van der Waals surface area contributed by atoms with Crippen molar-refractivity contribution < 1.29 is 0 Å². The summed E-state index contributed by atoms with van der Waals surface area (Å²) in [6.07, 6.45) is 0. The minimum absolute atomic E-state index is 0.559. The number of hydrogen-bond acceptors (Lipinski definition) is 3. The summed E-state index contributed by atoms with van der Waals surface area (Å²) < 4.78 is 4.37. The molecule has 0 radical (unpaired) electrons. The number of rotatable bonds is 6. The average molecular weight is 716 g/mol. The normalized spacial score (nSPS) is 11.6. The third kappa shape index (κ3) is 5.29. The molecule has 8 aromatic carbocycles. The predicted octanol–water partition coefficient (Wildman–Crippen LogP) is 12.7. The summed E-state index contributed by atoms with van der Waals surface area (Å²) in [5.41, 5.74) is 12.0. The summed E-state index contributed by atoms with van der Waals surface area (Å²) in [6, 6.07) is 70.4.